The number of carbonyl (C=O) groups is 1. The Morgan fingerprint density at radius 1 is 1.38 bits per heavy atom. The first-order valence-electron chi connectivity index (χ1n) is 5.41. The molecule has 2 nitrogen and oxygen atoms in total. The van der Waals surface area contributed by atoms with Crippen LogP contribution in [-0.2, 0) is 4.79 Å². The van der Waals surface area contributed by atoms with Crippen LogP contribution >= 0.6 is 0 Å². The normalized spacial score (nSPS) is 41.7. The third kappa shape index (κ3) is 1.52. The summed E-state index contributed by atoms with van der Waals surface area (Å²) < 4.78 is 0. The van der Waals surface area contributed by atoms with Crippen LogP contribution in [-0.4, -0.2) is 17.0 Å². The molecule has 0 radical (unpaired) electrons. The minimum atomic E-state index is -0.432. The van der Waals surface area contributed by atoms with E-state index in [2.05, 4.69) is 0 Å². The highest BCUT2D eigenvalue weighted by Crippen LogP contribution is 2.45. The molecule has 2 fully saturated rings. The van der Waals surface area contributed by atoms with E-state index >= 15 is 0 Å². The fraction of sp³-hybridized carbons (Fsp3) is 0.909. The molecule has 74 valence electrons. The smallest absolute Gasteiger partial charge is 0.138 e. The van der Waals surface area contributed by atoms with Gasteiger partial charge in [0.05, 0.1) is 6.10 Å². The van der Waals surface area contributed by atoms with Gasteiger partial charge in [0.1, 0.15) is 5.78 Å². The molecule has 0 amide bonds. The van der Waals surface area contributed by atoms with Gasteiger partial charge in [-0.3, -0.25) is 4.79 Å². The molecule has 0 spiro atoms. The van der Waals surface area contributed by atoms with Crippen LogP contribution in [0.3, 0.4) is 0 Å². The van der Waals surface area contributed by atoms with Crippen LogP contribution in [0.4, 0.5) is 0 Å². The van der Waals surface area contributed by atoms with Crippen LogP contribution in [0.2, 0.25) is 0 Å². The molecule has 0 bridgehead atoms. The van der Waals surface area contributed by atoms with Crippen molar-refractivity contribution < 1.29 is 9.90 Å². The number of rotatable bonds is 1. The Labute approximate surface area is 79.3 Å². The van der Waals surface area contributed by atoms with Gasteiger partial charge in [-0.2, -0.15) is 0 Å². The molecule has 1 N–H and O–H groups in total. The van der Waals surface area contributed by atoms with Crippen LogP contribution < -0.4 is 0 Å². The van der Waals surface area contributed by atoms with Gasteiger partial charge in [0.2, 0.25) is 0 Å². The van der Waals surface area contributed by atoms with E-state index in [4.69, 9.17) is 0 Å². The second kappa shape index (κ2) is 3.41. The first-order valence-corrected chi connectivity index (χ1v) is 5.41. The maximum absolute atomic E-state index is 11.6. The highest BCUT2D eigenvalue weighted by Gasteiger charge is 2.42. The van der Waals surface area contributed by atoms with E-state index in [-0.39, 0.29) is 5.92 Å². The van der Waals surface area contributed by atoms with Gasteiger partial charge in [-0.25, -0.2) is 0 Å². The second-order valence-corrected chi connectivity index (χ2v) is 4.63. The predicted molar refractivity (Wildman–Crippen MR) is 50.2 cm³/mol. The summed E-state index contributed by atoms with van der Waals surface area (Å²) in [5.74, 6) is 1.50. The monoisotopic (exact) mass is 182 g/mol. The topological polar surface area (TPSA) is 37.3 Å². The van der Waals surface area contributed by atoms with Crippen molar-refractivity contribution in [1.82, 2.24) is 0 Å². The van der Waals surface area contributed by atoms with Gasteiger partial charge in [0.15, 0.2) is 0 Å². The SMILES string of the molecule is CC(O)C1C(=O)CC[C@H]2CCC[C@@H]12. The Balaban J connectivity index is 2.15. The lowest BCUT2D eigenvalue weighted by Crippen LogP contribution is -2.38. The standard InChI is InChI=1S/C11H18O2/c1-7(12)11-9-4-2-3-8(9)5-6-10(11)13/h7-9,11-12H,2-6H2,1H3/t7?,8-,9-,11?/m1/s1. The minimum absolute atomic E-state index is 0.0405. The molecule has 2 rings (SSSR count). The van der Waals surface area contributed by atoms with Gasteiger partial charge in [-0.15, -0.1) is 0 Å². The third-order valence-electron chi connectivity index (χ3n) is 3.83. The fourth-order valence-electron chi connectivity index (χ4n) is 3.26. The highest BCUT2D eigenvalue weighted by atomic mass is 16.3. The van der Waals surface area contributed by atoms with E-state index in [0.29, 0.717) is 18.1 Å². The zero-order valence-electron chi connectivity index (χ0n) is 8.20. The first-order chi connectivity index (χ1) is 6.20. The summed E-state index contributed by atoms with van der Waals surface area (Å²) in [4.78, 5) is 11.6. The van der Waals surface area contributed by atoms with Crippen LogP contribution in [0.5, 0.6) is 0 Å². The highest BCUT2D eigenvalue weighted by molar-refractivity contribution is 5.82. The van der Waals surface area contributed by atoms with Crippen LogP contribution in [0, 0.1) is 17.8 Å². The third-order valence-corrected chi connectivity index (χ3v) is 3.83. The summed E-state index contributed by atoms with van der Waals surface area (Å²) in [5.41, 5.74) is 0. The molecule has 2 aliphatic carbocycles. The maximum atomic E-state index is 11.6. The van der Waals surface area contributed by atoms with Gasteiger partial charge >= 0.3 is 0 Å². The lowest BCUT2D eigenvalue weighted by Gasteiger charge is -2.34. The molecular weight excluding hydrogens is 164 g/mol. The molecule has 0 aromatic heterocycles. The largest absolute Gasteiger partial charge is 0.393 e. The van der Waals surface area contributed by atoms with E-state index in [0.717, 1.165) is 18.8 Å². The Morgan fingerprint density at radius 2 is 2.15 bits per heavy atom. The van der Waals surface area contributed by atoms with Crippen LogP contribution in [0.25, 0.3) is 0 Å². The van der Waals surface area contributed by atoms with Crippen molar-refractivity contribution in [3.05, 3.63) is 0 Å². The Bertz CT molecular complexity index is 210. The molecule has 0 saturated heterocycles. The number of hydrogen-bond donors (Lipinski definition) is 1. The zero-order chi connectivity index (χ0) is 9.42. The molecule has 4 atom stereocenters. The molecule has 2 heteroatoms. The summed E-state index contributed by atoms with van der Waals surface area (Å²) in [6.45, 7) is 1.77. The lowest BCUT2D eigenvalue weighted by molar-refractivity contribution is -0.132. The van der Waals surface area contributed by atoms with E-state index < -0.39 is 6.10 Å². The zero-order valence-corrected chi connectivity index (χ0v) is 8.20. The number of hydrogen-bond acceptors (Lipinski definition) is 2. The van der Waals surface area contributed by atoms with E-state index in [1.165, 1.54) is 12.8 Å². The quantitative estimate of drug-likeness (QED) is 0.671. The predicted octanol–water partition coefficient (Wildman–Crippen LogP) is 1.76. The molecule has 2 unspecified atom stereocenters. The molecule has 0 aliphatic heterocycles. The molecular formula is C11H18O2. The summed E-state index contributed by atoms with van der Waals surface area (Å²) in [6.07, 6.45) is 5.04. The van der Waals surface area contributed by atoms with Crippen molar-refractivity contribution in [2.75, 3.05) is 0 Å². The Kier molecular flexibility index (Phi) is 2.41. The first kappa shape index (κ1) is 9.20. The second-order valence-electron chi connectivity index (χ2n) is 4.63. The number of carbonyl (C=O) groups excluding carboxylic acids is 1. The maximum Gasteiger partial charge on any atom is 0.138 e. The van der Waals surface area contributed by atoms with Gasteiger partial charge in [-0.1, -0.05) is 12.8 Å². The van der Waals surface area contributed by atoms with Gasteiger partial charge < -0.3 is 5.11 Å². The molecule has 2 saturated carbocycles. The number of aliphatic hydroxyl groups is 1. The minimum Gasteiger partial charge on any atom is -0.393 e. The Morgan fingerprint density at radius 3 is 2.85 bits per heavy atom. The lowest BCUT2D eigenvalue weighted by atomic mass is 9.71. The summed E-state index contributed by atoms with van der Waals surface area (Å²) in [5, 5.41) is 9.57. The molecule has 0 aromatic carbocycles. The molecule has 13 heavy (non-hydrogen) atoms. The summed E-state index contributed by atoms with van der Waals surface area (Å²) in [6, 6.07) is 0. The molecule has 0 aromatic rings. The van der Waals surface area contributed by atoms with E-state index in [1.807, 2.05) is 0 Å². The average Bonchev–Trinajstić information content (AvgIpc) is 2.50. The van der Waals surface area contributed by atoms with E-state index in [1.54, 1.807) is 6.92 Å². The average molecular weight is 182 g/mol. The Hall–Kier alpha value is -0.370. The van der Waals surface area contributed by atoms with Crippen molar-refractivity contribution in [1.29, 1.82) is 0 Å². The molecule has 0 heterocycles. The van der Waals surface area contributed by atoms with Gasteiger partial charge in [0.25, 0.3) is 0 Å². The molecule has 2 aliphatic rings. The van der Waals surface area contributed by atoms with Crippen molar-refractivity contribution in [3.8, 4) is 0 Å². The van der Waals surface area contributed by atoms with Gasteiger partial charge in [0, 0.05) is 12.3 Å². The van der Waals surface area contributed by atoms with Crippen molar-refractivity contribution >= 4 is 5.78 Å². The number of aliphatic hydroxyl groups excluding tert-OH is 1. The number of ketones is 1. The number of fused-ring (bicyclic) bond motifs is 1. The summed E-state index contributed by atoms with van der Waals surface area (Å²) in [7, 11) is 0. The van der Waals surface area contributed by atoms with Crippen LogP contribution in [0.1, 0.15) is 39.0 Å². The number of Topliss-reactive ketones (excluding diaryl/α,β-unsaturated/α-hetero) is 1. The van der Waals surface area contributed by atoms with Crippen molar-refractivity contribution in [2.24, 2.45) is 17.8 Å². The fourth-order valence-corrected chi connectivity index (χ4v) is 3.26. The van der Waals surface area contributed by atoms with E-state index in [9.17, 15) is 9.90 Å². The van der Waals surface area contributed by atoms with Crippen molar-refractivity contribution in [3.63, 3.8) is 0 Å². The summed E-state index contributed by atoms with van der Waals surface area (Å²) >= 11 is 0. The van der Waals surface area contributed by atoms with Crippen molar-refractivity contribution in [2.45, 2.75) is 45.1 Å². The van der Waals surface area contributed by atoms with Crippen LogP contribution in [0.15, 0.2) is 0 Å². The van der Waals surface area contributed by atoms with Gasteiger partial charge in [-0.05, 0) is 31.6 Å².